The van der Waals surface area contributed by atoms with Crippen molar-refractivity contribution in [2.75, 3.05) is 5.32 Å². The first-order valence-corrected chi connectivity index (χ1v) is 11.0. The van der Waals surface area contributed by atoms with Gasteiger partial charge in [0.1, 0.15) is 11.7 Å². The van der Waals surface area contributed by atoms with E-state index in [1.807, 2.05) is 32.2 Å². The number of anilines is 1. The van der Waals surface area contributed by atoms with E-state index in [0.717, 1.165) is 50.9 Å². The highest BCUT2D eigenvalue weighted by Crippen LogP contribution is 2.39. The summed E-state index contributed by atoms with van der Waals surface area (Å²) < 4.78 is 0. The van der Waals surface area contributed by atoms with Gasteiger partial charge < -0.3 is 21.0 Å². The van der Waals surface area contributed by atoms with Gasteiger partial charge >= 0.3 is 0 Å². The second-order valence-corrected chi connectivity index (χ2v) is 8.78. The van der Waals surface area contributed by atoms with Crippen molar-refractivity contribution in [2.45, 2.75) is 44.9 Å². The number of rotatable bonds is 5. The van der Waals surface area contributed by atoms with E-state index < -0.39 is 0 Å². The van der Waals surface area contributed by atoms with E-state index in [0.29, 0.717) is 5.92 Å². The maximum Gasteiger partial charge on any atom is 0.252 e. The topological polar surface area (TPSA) is 106 Å². The van der Waals surface area contributed by atoms with Gasteiger partial charge in [-0.2, -0.15) is 5.43 Å². The van der Waals surface area contributed by atoms with Crippen LogP contribution in [0, 0.1) is 6.92 Å². The van der Waals surface area contributed by atoms with E-state index in [9.17, 15) is 4.79 Å². The molecule has 3 aliphatic rings. The Kier molecular flexibility index (Phi) is 4.29. The Morgan fingerprint density at radius 3 is 2.66 bits per heavy atom. The number of H-pyrrole nitrogens is 1. The normalized spacial score (nSPS) is 21.7. The second kappa shape index (κ2) is 7.20. The Morgan fingerprint density at radius 1 is 1.09 bits per heavy atom. The Hall–Kier alpha value is -3.65. The van der Waals surface area contributed by atoms with Crippen LogP contribution in [0.4, 0.5) is 5.69 Å². The number of hydrogen-bond donors (Lipinski definition) is 5. The number of amidine groups is 1. The number of hydrogen-bond acceptors (Lipinski definition) is 6. The first-order valence-electron chi connectivity index (χ1n) is 11.0. The lowest BCUT2D eigenvalue weighted by atomic mass is 10.0. The maximum absolute atomic E-state index is 12.1. The van der Waals surface area contributed by atoms with Crippen LogP contribution in [0.15, 0.2) is 47.6 Å². The SMILES string of the molecule is Cc1cc2c(cc1NC1N=C(c3ccc(-c4cnc(C5CC5)[nH]4)cc3)NN1)C(C)NC2=O. The van der Waals surface area contributed by atoms with Crippen molar-refractivity contribution in [2.24, 2.45) is 4.99 Å². The molecular weight excluding hydrogens is 402 g/mol. The molecule has 1 aliphatic carbocycles. The average molecular weight is 428 g/mol. The fourth-order valence-corrected chi connectivity index (χ4v) is 4.34. The lowest BCUT2D eigenvalue weighted by molar-refractivity contribution is 0.0958. The lowest BCUT2D eigenvalue weighted by Crippen LogP contribution is -2.39. The fourth-order valence-electron chi connectivity index (χ4n) is 4.34. The van der Waals surface area contributed by atoms with Crippen molar-refractivity contribution >= 4 is 17.4 Å². The van der Waals surface area contributed by atoms with Gasteiger partial charge in [0.2, 0.25) is 0 Å². The molecule has 2 aromatic carbocycles. The minimum absolute atomic E-state index is 0.00884. The number of benzene rings is 2. The number of amides is 1. The van der Waals surface area contributed by atoms with Crippen LogP contribution in [-0.2, 0) is 0 Å². The molecule has 3 heterocycles. The number of carbonyl (C=O) groups excluding carboxylic acids is 1. The highest BCUT2D eigenvalue weighted by molar-refractivity contribution is 6.00. The van der Waals surface area contributed by atoms with Crippen molar-refractivity contribution < 1.29 is 4.79 Å². The lowest BCUT2D eigenvalue weighted by Gasteiger charge is -2.15. The number of imidazole rings is 1. The minimum atomic E-state index is -0.310. The van der Waals surface area contributed by atoms with Crippen molar-refractivity contribution in [1.29, 1.82) is 0 Å². The Morgan fingerprint density at radius 2 is 1.88 bits per heavy atom. The van der Waals surface area contributed by atoms with Crippen LogP contribution < -0.4 is 21.5 Å². The largest absolute Gasteiger partial charge is 0.350 e. The molecule has 2 unspecified atom stereocenters. The second-order valence-electron chi connectivity index (χ2n) is 8.78. The van der Waals surface area contributed by atoms with Gasteiger partial charge in [-0.05, 0) is 55.5 Å². The zero-order valence-electron chi connectivity index (χ0n) is 18.0. The summed E-state index contributed by atoms with van der Waals surface area (Å²) in [4.78, 5) is 24.7. The summed E-state index contributed by atoms with van der Waals surface area (Å²) in [5.41, 5.74) is 13.2. The highest BCUT2D eigenvalue weighted by Gasteiger charge is 2.28. The molecule has 0 saturated heterocycles. The monoisotopic (exact) mass is 427 g/mol. The summed E-state index contributed by atoms with van der Waals surface area (Å²) in [5, 5.41) is 6.37. The number of hydrazine groups is 1. The van der Waals surface area contributed by atoms with E-state index in [1.165, 1.54) is 12.8 Å². The molecule has 0 radical (unpaired) electrons. The van der Waals surface area contributed by atoms with E-state index in [-0.39, 0.29) is 18.2 Å². The Bertz CT molecular complexity index is 1240. The summed E-state index contributed by atoms with van der Waals surface area (Å²) in [7, 11) is 0. The van der Waals surface area contributed by atoms with Crippen LogP contribution >= 0.6 is 0 Å². The summed E-state index contributed by atoms with van der Waals surface area (Å²) in [6.07, 6.45) is 4.07. The molecule has 6 rings (SSSR count). The van der Waals surface area contributed by atoms with Crippen molar-refractivity contribution in [3.63, 3.8) is 0 Å². The maximum atomic E-state index is 12.1. The summed E-state index contributed by atoms with van der Waals surface area (Å²) in [6.45, 7) is 3.99. The number of carbonyl (C=O) groups is 1. The first-order chi connectivity index (χ1) is 15.5. The molecule has 5 N–H and O–H groups in total. The van der Waals surface area contributed by atoms with Gasteiger partial charge in [-0.15, -0.1) is 0 Å². The van der Waals surface area contributed by atoms with Gasteiger partial charge in [0.25, 0.3) is 5.91 Å². The molecule has 2 aliphatic heterocycles. The molecule has 2 atom stereocenters. The molecule has 0 bridgehead atoms. The quantitative estimate of drug-likeness (QED) is 0.430. The highest BCUT2D eigenvalue weighted by atomic mass is 16.2. The standard InChI is InChI=1S/C24H25N7O/c1-12-9-18-17(13(2)26-23(18)32)10-19(12)28-24-29-22(30-31-24)16-5-3-14(4-6-16)20-11-25-21(27-20)15-7-8-15/h3-6,9-11,13,15,24,28,31H,7-8H2,1-2H3,(H,25,27)(H,26,32)(H,29,30). The zero-order chi connectivity index (χ0) is 21.8. The van der Waals surface area contributed by atoms with Crippen LogP contribution in [0.3, 0.4) is 0 Å². The molecule has 1 fully saturated rings. The number of aryl methyl sites for hydroxylation is 1. The van der Waals surface area contributed by atoms with Crippen molar-refractivity contribution in [3.8, 4) is 11.3 Å². The van der Waals surface area contributed by atoms with Crippen LogP contribution in [0.25, 0.3) is 11.3 Å². The molecule has 32 heavy (non-hydrogen) atoms. The number of nitrogens with one attached hydrogen (secondary N) is 5. The van der Waals surface area contributed by atoms with Crippen molar-refractivity contribution in [1.82, 2.24) is 26.1 Å². The summed E-state index contributed by atoms with van der Waals surface area (Å²) in [5.74, 6) is 2.48. The number of aromatic amines is 1. The molecule has 8 nitrogen and oxygen atoms in total. The molecule has 3 aromatic rings. The third-order valence-electron chi connectivity index (χ3n) is 6.36. The number of aromatic nitrogens is 2. The predicted octanol–water partition coefficient (Wildman–Crippen LogP) is 3.32. The van der Waals surface area contributed by atoms with E-state index in [2.05, 4.69) is 55.7 Å². The fraction of sp³-hybridized carbons (Fsp3) is 0.292. The van der Waals surface area contributed by atoms with Crippen molar-refractivity contribution in [3.05, 3.63) is 70.7 Å². The van der Waals surface area contributed by atoms with Gasteiger partial charge in [-0.3, -0.25) is 4.79 Å². The van der Waals surface area contributed by atoms with Gasteiger partial charge in [0.15, 0.2) is 6.29 Å². The Labute approximate surface area is 185 Å². The molecule has 162 valence electrons. The zero-order valence-corrected chi connectivity index (χ0v) is 18.0. The van der Waals surface area contributed by atoms with Gasteiger partial charge in [-0.25, -0.2) is 9.98 Å². The van der Waals surface area contributed by atoms with Gasteiger partial charge in [0, 0.05) is 22.7 Å². The van der Waals surface area contributed by atoms with Crippen LogP contribution in [0.2, 0.25) is 0 Å². The molecule has 1 saturated carbocycles. The third kappa shape index (κ3) is 3.33. The molecular formula is C24H25N7O. The number of fused-ring (bicyclic) bond motifs is 1. The number of nitrogens with zero attached hydrogens (tertiary/aromatic N) is 2. The van der Waals surface area contributed by atoms with Gasteiger partial charge in [-0.1, -0.05) is 24.3 Å². The number of aliphatic imine (C=N–C) groups is 1. The summed E-state index contributed by atoms with van der Waals surface area (Å²) in [6, 6.07) is 12.3. The third-order valence-corrected chi connectivity index (χ3v) is 6.36. The first kappa shape index (κ1) is 19.1. The van der Waals surface area contributed by atoms with Gasteiger partial charge in [0.05, 0.1) is 17.9 Å². The predicted molar refractivity (Wildman–Crippen MR) is 123 cm³/mol. The molecule has 8 heteroatoms. The van der Waals surface area contributed by atoms with E-state index in [4.69, 9.17) is 4.99 Å². The minimum Gasteiger partial charge on any atom is -0.350 e. The molecule has 1 amide bonds. The smallest absolute Gasteiger partial charge is 0.252 e. The van der Waals surface area contributed by atoms with Crippen LogP contribution in [-0.4, -0.2) is 28.0 Å². The van der Waals surface area contributed by atoms with E-state index in [1.54, 1.807) is 0 Å². The van der Waals surface area contributed by atoms with Crippen LogP contribution in [0.1, 0.15) is 64.6 Å². The average Bonchev–Trinajstić information content (AvgIpc) is 3.22. The molecule has 0 spiro atoms. The van der Waals surface area contributed by atoms with Crippen LogP contribution in [0.5, 0.6) is 0 Å². The molecule has 1 aromatic heterocycles. The van der Waals surface area contributed by atoms with E-state index >= 15 is 0 Å². The Balaban J connectivity index is 1.18. The summed E-state index contributed by atoms with van der Waals surface area (Å²) >= 11 is 0.